The number of ether oxygens (including phenoxy) is 1. The highest BCUT2D eigenvalue weighted by atomic mass is 35.5. The van der Waals surface area contributed by atoms with Crippen molar-refractivity contribution in [3.05, 3.63) is 69.6 Å². The molecule has 5 N–H and O–H groups in total. The lowest BCUT2D eigenvalue weighted by molar-refractivity contribution is -0.135. The number of primary amides is 1. The number of fused-ring (bicyclic) bond motifs is 1. The van der Waals surface area contributed by atoms with Gasteiger partial charge in [-0.05, 0) is 68.2 Å². The van der Waals surface area contributed by atoms with E-state index in [-0.39, 0.29) is 54.9 Å². The zero-order chi connectivity index (χ0) is 29.5. The van der Waals surface area contributed by atoms with Crippen molar-refractivity contribution < 1.29 is 19.1 Å². The average molecular weight is 600 g/mol. The van der Waals surface area contributed by atoms with E-state index in [0.29, 0.717) is 19.4 Å². The summed E-state index contributed by atoms with van der Waals surface area (Å²) in [6.45, 7) is 2.37. The Morgan fingerprint density at radius 1 is 1.05 bits per heavy atom. The van der Waals surface area contributed by atoms with Gasteiger partial charge in [-0.2, -0.15) is 0 Å². The molecule has 1 saturated heterocycles. The van der Waals surface area contributed by atoms with Crippen LogP contribution in [0.4, 0.5) is 0 Å². The molecular weight excluding hydrogens is 558 g/mol. The van der Waals surface area contributed by atoms with Gasteiger partial charge in [0.2, 0.25) is 17.7 Å². The van der Waals surface area contributed by atoms with Crippen LogP contribution in [-0.2, 0) is 45.6 Å². The van der Waals surface area contributed by atoms with Crippen molar-refractivity contribution >= 4 is 41.2 Å². The maximum atomic E-state index is 13.1. The predicted octanol–water partition coefficient (Wildman–Crippen LogP) is 3.19. The zero-order valence-corrected chi connectivity index (χ0v) is 25.2. The van der Waals surface area contributed by atoms with Crippen LogP contribution in [0.25, 0.3) is 11.0 Å². The first kappa shape index (κ1) is 33.0. The van der Waals surface area contributed by atoms with Crippen molar-refractivity contribution in [2.24, 2.45) is 18.5 Å². The van der Waals surface area contributed by atoms with E-state index in [4.69, 9.17) is 16.2 Å². The summed E-state index contributed by atoms with van der Waals surface area (Å²) in [5, 5.41) is 2.36. The summed E-state index contributed by atoms with van der Waals surface area (Å²) < 4.78 is 9.03. The van der Waals surface area contributed by atoms with Gasteiger partial charge in [0.1, 0.15) is 6.04 Å². The van der Waals surface area contributed by atoms with E-state index in [1.807, 2.05) is 25.1 Å². The van der Waals surface area contributed by atoms with Crippen molar-refractivity contribution in [1.82, 2.24) is 14.5 Å². The highest BCUT2D eigenvalue weighted by molar-refractivity contribution is 6.00. The van der Waals surface area contributed by atoms with Crippen molar-refractivity contribution in [1.29, 1.82) is 0 Å². The van der Waals surface area contributed by atoms with E-state index >= 15 is 0 Å². The SMILES string of the molecule is C[C@@H](OCc1ccc(CCCCCc2cccc3c2n(C)c(=O)n3C2CCC(=O)NC2=O)cc1)[C@@H](N)CCC(N)=O.Cl. The van der Waals surface area contributed by atoms with Gasteiger partial charge < -0.3 is 16.2 Å². The van der Waals surface area contributed by atoms with Gasteiger partial charge >= 0.3 is 5.69 Å². The summed E-state index contributed by atoms with van der Waals surface area (Å²) in [6, 6.07) is 13.3. The lowest BCUT2D eigenvalue weighted by Gasteiger charge is -2.21. The van der Waals surface area contributed by atoms with Gasteiger partial charge in [0.25, 0.3) is 0 Å². The minimum Gasteiger partial charge on any atom is -0.372 e. The first-order valence-corrected chi connectivity index (χ1v) is 14.4. The van der Waals surface area contributed by atoms with E-state index < -0.39 is 11.9 Å². The van der Waals surface area contributed by atoms with E-state index in [0.717, 1.165) is 54.3 Å². The topological polar surface area (TPSA) is 151 Å². The van der Waals surface area contributed by atoms with Crippen LogP contribution >= 0.6 is 12.4 Å². The van der Waals surface area contributed by atoms with Gasteiger partial charge in [-0.25, -0.2) is 4.79 Å². The lowest BCUT2D eigenvalue weighted by Crippen LogP contribution is -2.44. The minimum absolute atomic E-state index is 0. The number of carbonyl (C=O) groups excluding carboxylic acids is 3. The molecule has 2 heterocycles. The number of carbonyl (C=O) groups is 3. The lowest BCUT2D eigenvalue weighted by atomic mass is 10.0. The van der Waals surface area contributed by atoms with Gasteiger partial charge in [0, 0.05) is 25.9 Å². The summed E-state index contributed by atoms with van der Waals surface area (Å²) in [7, 11) is 1.74. The number of nitrogens with zero attached hydrogens (tertiary/aromatic N) is 2. The number of imidazole rings is 1. The Morgan fingerprint density at radius 2 is 1.74 bits per heavy atom. The number of nitrogens with one attached hydrogen (secondary N) is 1. The largest absolute Gasteiger partial charge is 0.372 e. The molecular formula is C31H42ClN5O5. The fourth-order valence-corrected chi connectivity index (χ4v) is 5.47. The molecule has 1 unspecified atom stereocenters. The van der Waals surface area contributed by atoms with Gasteiger partial charge in [0.05, 0.1) is 23.7 Å². The molecule has 11 heteroatoms. The first-order valence-electron chi connectivity index (χ1n) is 14.4. The van der Waals surface area contributed by atoms with Gasteiger partial charge in [0.15, 0.2) is 0 Å². The third-order valence-electron chi connectivity index (χ3n) is 7.98. The van der Waals surface area contributed by atoms with Crippen LogP contribution in [0.2, 0.25) is 0 Å². The van der Waals surface area contributed by atoms with Gasteiger partial charge in [-0.1, -0.05) is 42.8 Å². The molecule has 2 aromatic carbocycles. The Kier molecular flexibility index (Phi) is 11.9. The fraction of sp³-hybridized carbons (Fsp3) is 0.484. The highest BCUT2D eigenvalue weighted by Gasteiger charge is 2.31. The summed E-state index contributed by atoms with van der Waals surface area (Å²) in [6.07, 6.45) is 6.04. The van der Waals surface area contributed by atoms with Gasteiger partial charge in [-0.15, -0.1) is 12.4 Å². The Balaban J connectivity index is 0.00000484. The zero-order valence-electron chi connectivity index (χ0n) is 24.3. The number of para-hydroxylation sites is 1. The Labute approximate surface area is 252 Å². The number of hydrogen-bond acceptors (Lipinski definition) is 6. The Morgan fingerprint density at radius 3 is 2.43 bits per heavy atom. The molecule has 1 aliphatic heterocycles. The number of aryl methyl sites for hydroxylation is 3. The van der Waals surface area contributed by atoms with Crippen molar-refractivity contribution in [2.75, 3.05) is 0 Å². The highest BCUT2D eigenvalue weighted by Crippen LogP contribution is 2.26. The quantitative estimate of drug-likeness (QED) is 0.191. The molecule has 0 saturated carbocycles. The number of hydrogen-bond donors (Lipinski definition) is 3. The van der Waals surface area contributed by atoms with Crippen LogP contribution in [0.5, 0.6) is 0 Å². The molecule has 3 atom stereocenters. The second-order valence-corrected chi connectivity index (χ2v) is 11.0. The second-order valence-electron chi connectivity index (χ2n) is 11.0. The van der Waals surface area contributed by atoms with Crippen LogP contribution in [0, 0.1) is 0 Å². The second kappa shape index (κ2) is 15.1. The van der Waals surface area contributed by atoms with E-state index in [1.165, 1.54) is 10.1 Å². The fourth-order valence-electron chi connectivity index (χ4n) is 5.47. The molecule has 3 amide bonds. The van der Waals surface area contributed by atoms with E-state index in [2.05, 4.69) is 29.6 Å². The molecule has 3 aromatic rings. The van der Waals surface area contributed by atoms with Gasteiger partial charge in [-0.3, -0.25) is 28.8 Å². The molecule has 4 rings (SSSR count). The summed E-state index contributed by atoms with van der Waals surface area (Å²) in [4.78, 5) is 48.1. The van der Waals surface area contributed by atoms with Crippen LogP contribution in [-0.4, -0.2) is 39.0 Å². The molecule has 10 nitrogen and oxygen atoms in total. The first-order chi connectivity index (χ1) is 19.7. The maximum Gasteiger partial charge on any atom is 0.329 e. The summed E-state index contributed by atoms with van der Waals surface area (Å²) in [5.41, 5.74) is 16.0. The van der Waals surface area contributed by atoms with Crippen LogP contribution in [0.1, 0.15) is 74.6 Å². The third-order valence-corrected chi connectivity index (χ3v) is 7.98. The number of amides is 3. The smallest absolute Gasteiger partial charge is 0.329 e. The number of benzene rings is 2. The number of piperidine rings is 1. The number of unbranched alkanes of at least 4 members (excludes halogenated alkanes) is 2. The third kappa shape index (κ3) is 8.08. The number of nitrogens with two attached hydrogens (primary N) is 2. The summed E-state index contributed by atoms with van der Waals surface area (Å²) >= 11 is 0. The van der Waals surface area contributed by atoms with Crippen LogP contribution in [0.15, 0.2) is 47.3 Å². The van der Waals surface area contributed by atoms with E-state index in [1.54, 1.807) is 11.6 Å². The number of aromatic nitrogens is 2. The monoisotopic (exact) mass is 599 g/mol. The number of imide groups is 1. The van der Waals surface area contributed by atoms with Crippen molar-refractivity contribution in [3.8, 4) is 0 Å². The minimum atomic E-state index is -0.675. The molecule has 228 valence electrons. The molecule has 1 fully saturated rings. The molecule has 0 bridgehead atoms. The molecule has 1 aliphatic rings. The number of rotatable bonds is 14. The van der Waals surface area contributed by atoms with Crippen molar-refractivity contribution in [3.63, 3.8) is 0 Å². The normalized spacial score (nSPS) is 16.6. The molecule has 42 heavy (non-hydrogen) atoms. The number of halogens is 1. The maximum absolute atomic E-state index is 13.1. The summed E-state index contributed by atoms with van der Waals surface area (Å²) in [5.74, 6) is -1.07. The molecule has 0 aliphatic carbocycles. The standard InChI is InChI=1S/C31H41N5O5.ClH/c1-20(24(32)15-17-27(33)37)41-19-22-13-11-21(12-14-22)7-4-3-5-8-23-9-6-10-25-29(23)35(2)31(40)36(25)26-16-18-28(38)34-30(26)39;/h6,9-14,20,24,26H,3-5,7-8,15-19,32H2,1-2H3,(H2,33,37)(H,34,38,39);1H/t20-,24+,26?;/m1./s1. The van der Waals surface area contributed by atoms with Crippen LogP contribution in [0.3, 0.4) is 0 Å². The average Bonchev–Trinajstić information content (AvgIpc) is 3.20. The molecule has 0 radical (unpaired) electrons. The van der Waals surface area contributed by atoms with Crippen LogP contribution < -0.4 is 22.5 Å². The predicted molar refractivity (Wildman–Crippen MR) is 164 cm³/mol. The molecule has 0 spiro atoms. The Bertz CT molecular complexity index is 1450. The molecule has 1 aromatic heterocycles. The van der Waals surface area contributed by atoms with Crippen molar-refractivity contribution in [2.45, 2.75) is 89.5 Å². The Hall–Kier alpha value is -3.47. The van der Waals surface area contributed by atoms with E-state index in [9.17, 15) is 19.2 Å².